The van der Waals surface area contributed by atoms with E-state index in [4.69, 9.17) is 4.74 Å². The van der Waals surface area contributed by atoms with Crippen LogP contribution in [0.5, 0.6) is 0 Å². The molecule has 0 N–H and O–H groups in total. The van der Waals surface area contributed by atoms with Crippen molar-refractivity contribution in [3.8, 4) is 0 Å². The van der Waals surface area contributed by atoms with E-state index in [1.165, 1.54) is 51.4 Å². The SMILES string of the molecule is CCCCCCCCCCC1(OC)C=CC(N=Cc2ccccc2)=CC1. The summed E-state index contributed by atoms with van der Waals surface area (Å²) in [5.74, 6) is 0. The average molecular weight is 354 g/mol. The normalized spacial score (nSPS) is 19.8. The summed E-state index contributed by atoms with van der Waals surface area (Å²) in [7, 11) is 1.83. The summed E-state index contributed by atoms with van der Waals surface area (Å²) in [6.45, 7) is 2.27. The van der Waals surface area contributed by atoms with Gasteiger partial charge in [0.25, 0.3) is 0 Å². The maximum Gasteiger partial charge on any atom is 0.0897 e. The molecular formula is C24H35NO. The highest BCUT2D eigenvalue weighted by atomic mass is 16.5. The molecule has 0 bridgehead atoms. The van der Waals surface area contributed by atoms with E-state index in [9.17, 15) is 0 Å². The Balaban J connectivity index is 1.71. The summed E-state index contributed by atoms with van der Waals surface area (Å²) >= 11 is 0. The van der Waals surface area contributed by atoms with Crippen LogP contribution in [0.25, 0.3) is 0 Å². The van der Waals surface area contributed by atoms with Gasteiger partial charge in [-0.15, -0.1) is 0 Å². The van der Waals surface area contributed by atoms with Crippen molar-refractivity contribution in [1.29, 1.82) is 0 Å². The van der Waals surface area contributed by atoms with Gasteiger partial charge in [0.2, 0.25) is 0 Å². The van der Waals surface area contributed by atoms with Crippen LogP contribution < -0.4 is 0 Å². The van der Waals surface area contributed by atoms with Gasteiger partial charge in [0.1, 0.15) is 0 Å². The molecular weight excluding hydrogens is 318 g/mol. The number of hydrogen-bond acceptors (Lipinski definition) is 2. The molecule has 0 fully saturated rings. The number of aliphatic imine (C=N–C) groups is 1. The molecule has 2 nitrogen and oxygen atoms in total. The number of rotatable bonds is 12. The maximum absolute atomic E-state index is 5.87. The largest absolute Gasteiger partial charge is 0.374 e. The first kappa shape index (κ1) is 20.6. The van der Waals surface area contributed by atoms with Crippen LogP contribution >= 0.6 is 0 Å². The van der Waals surface area contributed by atoms with Gasteiger partial charge in [0.05, 0.1) is 11.3 Å². The fourth-order valence-electron chi connectivity index (χ4n) is 3.43. The summed E-state index contributed by atoms with van der Waals surface area (Å²) < 4.78 is 5.87. The Bertz CT molecular complexity index is 587. The Hall–Kier alpha value is -1.67. The Morgan fingerprint density at radius 2 is 1.69 bits per heavy atom. The zero-order valence-corrected chi connectivity index (χ0v) is 16.6. The molecule has 26 heavy (non-hydrogen) atoms. The summed E-state index contributed by atoms with van der Waals surface area (Å²) in [6.07, 6.45) is 21.3. The van der Waals surface area contributed by atoms with Gasteiger partial charge in [0.15, 0.2) is 0 Å². The smallest absolute Gasteiger partial charge is 0.0897 e. The number of unbranched alkanes of at least 4 members (excludes halogenated alkanes) is 7. The first-order chi connectivity index (χ1) is 12.8. The third-order valence-electron chi connectivity index (χ3n) is 5.24. The standard InChI is InChI=1S/C24H35NO/c1-3-4-5-6-7-8-9-13-18-24(26-2)19-16-23(17-20-24)25-21-22-14-11-10-12-15-22/h10-12,14-17,19,21H,3-9,13,18,20H2,1-2H3. The minimum atomic E-state index is -0.131. The third kappa shape index (κ3) is 7.29. The molecule has 1 unspecified atom stereocenters. The van der Waals surface area contributed by atoms with Crippen molar-refractivity contribution in [3.63, 3.8) is 0 Å². The minimum Gasteiger partial charge on any atom is -0.374 e. The first-order valence-corrected chi connectivity index (χ1v) is 10.3. The molecule has 0 aromatic heterocycles. The van der Waals surface area contributed by atoms with Crippen LogP contribution in [0, 0.1) is 0 Å². The number of hydrogen-bond donors (Lipinski definition) is 0. The molecule has 0 amide bonds. The van der Waals surface area contributed by atoms with E-state index in [-0.39, 0.29) is 5.60 Å². The van der Waals surface area contributed by atoms with E-state index in [1.807, 2.05) is 31.5 Å². The summed E-state index contributed by atoms with van der Waals surface area (Å²) in [5.41, 5.74) is 2.02. The lowest BCUT2D eigenvalue weighted by Gasteiger charge is -2.30. The Morgan fingerprint density at radius 1 is 1.00 bits per heavy atom. The van der Waals surface area contributed by atoms with Crippen LogP contribution in [-0.4, -0.2) is 18.9 Å². The predicted molar refractivity (Wildman–Crippen MR) is 113 cm³/mol. The zero-order valence-electron chi connectivity index (χ0n) is 16.6. The highest BCUT2D eigenvalue weighted by molar-refractivity contribution is 5.80. The lowest BCUT2D eigenvalue weighted by molar-refractivity contribution is 0.0241. The van der Waals surface area contributed by atoms with Gasteiger partial charge in [-0.05, 0) is 18.1 Å². The molecule has 1 aliphatic rings. The average Bonchev–Trinajstić information content (AvgIpc) is 2.70. The van der Waals surface area contributed by atoms with E-state index in [1.54, 1.807) is 0 Å². The highest BCUT2D eigenvalue weighted by Crippen LogP contribution is 2.30. The monoisotopic (exact) mass is 353 g/mol. The molecule has 0 saturated carbocycles. The Labute approximate surface area is 160 Å². The molecule has 1 atom stereocenters. The second-order valence-electron chi connectivity index (χ2n) is 7.33. The van der Waals surface area contributed by atoms with Gasteiger partial charge in [0, 0.05) is 19.7 Å². The first-order valence-electron chi connectivity index (χ1n) is 10.3. The molecule has 0 spiro atoms. The Morgan fingerprint density at radius 3 is 2.31 bits per heavy atom. The fraction of sp³-hybridized carbons (Fsp3) is 0.542. The number of ether oxygens (including phenoxy) is 1. The summed E-state index contributed by atoms with van der Waals surface area (Å²) in [5, 5.41) is 0. The van der Waals surface area contributed by atoms with Crippen LogP contribution in [0.1, 0.15) is 76.7 Å². The van der Waals surface area contributed by atoms with Gasteiger partial charge in [-0.25, -0.2) is 0 Å². The molecule has 0 heterocycles. The molecule has 1 aromatic carbocycles. The van der Waals surface area contributed by atoms with E-state index in [2.05, 4.69) is 42.3 Å². The van der Waals surface area contributed by atoms with Gasteiger partial charge in [-0.1, -0.05) is 101 Å². The lowest BCUT2D eigenvalue weighted by atomic mass is 9.88. The van der Waals surface area contributed by atoms with Crippen LogP contribution in [0.3, 0.4) is 0 Å². The number of methoxy groups -OCH3 is 1. The predicted octanol–water partition coefficient (Wildman–Crippen LogP) is 6.87. The molecule has 2 rings (SSSR count). The van der Waals surface area contributed by atoms with E-state index in [0.29, 0.717) is 0 Å². The van der Waals surface area contributed by atoms with Crippen LogP contribution in [-0.2, 0) is 4.74 Å². The van der Waals surface area contributed by atoms with Crippen LogP contribution in [0.2, 0.25) is 0 Å². The van der Waals surface area contributed by atoms with Crippen molar-refractivity contribution in [2.75, 3.05) is 7.11 Å². The van der Waals surface area contributed by atoms with E-state index in [0.717, 1.165) is 24.1 Å². The van der Waals surface area contributed by atoms with Gasteiger partial charge >= 0.3 is 0 Å². The number of nitrogens with zero attached hydrogens (tertiary/aromatic N) is 1. The van der Waals surface area contributed by atoms with Gasteiger partial charge in [-0.3, -0.25) is 4.99 Å². The summed E-state index contributed by atoms with van der Waals surface area (Å²) in [6, 6.07) is 10.2. The van der Waals surface area contributed by atoms with E-state index < -0.39 is 0 Å². The molecule has 0 aliphatic heterocycles. The lowest BCUT2D eigenvalue weighted by Crippen LogP contribution is -2.29. The van der Waals surface area contributed by atoms with Crippen LogP contribution in [0.4, 0.5) is 0 Å². The third-order valence-corrected chi connectivity index (χ3v) is 5.24. The molecule has 2 heteroatoms. The minimum absolute atomic E-state index is 0.131. The van der Waals surface area contributed by atoms with Gasteiger partial charge < -0.3 is 4.74 Å². The molecule has 1 aromatic rings. The number of benzene rings is 1. The molecule has 142 valence electrons. The van der Waals surface area contributed by atoms with Gasteiger partial charge in [-0.2, -0.15) is 0 Å². The van der Waals surface area contributed by atoms with Crippen molar-refractivity contribution in [3.05, 3.63) is 59.8 Å². The highest BCUT2D eigenvalue weighted by Gasteiger charge is 2.27. The van der Waals surface area contributed by atoms with Crippen molar-refractivity contribution >= 4 is 6.21 Å². The van der Waals surface area contributed by atoms with Crippen molar-refractivity contribution in [2.45, 2.75) is 76.7 Å². The van der Waals surface area contributed by atoms with Crippen molar-refractivity contribution in [1.82, 2.24) is 0 Å². The Kier molecular flexibility index (Phi) is 9.41. The maximum atomic E-state index is 5.87. The topological polar surface area (TPSA) is 21.6 Å². The molecule has 0 radical (unpaired) electrons. The quantitative estimate of drug-likeness (QED) is 0.297. The van der Waals surface area contributed by atoms with Crippen molar-refractivity contribution < 1.29 is 4.74 Å². The molecule has 0 saturated heterocycles. The zero-order chi connectivity index (χ0) is 18.5. The van der Waals surface area contributed by atoms with Crippen LogP contribution in [0.15, 0.2) is 59.2 Å². The summed E-state index contributed by atoms with van der Waals surface area (Å²) in [4.78, 5) is 4.59. The second kappa shape index (κ2) is 11.9. The fourth-order valence-corrected chi connectivity index (χ4v) is 3.43. The second-order valence-corrected chi connectivity index (χ2v) is 7.33. The molecule has 1 aliphatic carbocycles. The van der Waals surface area contributed by atoms with E-state index >= 15 is 0 Å². The number of allylic oxidation sites excluding steroid dienone is 1. The van der Waals surface area contributed by atoms with Crippen molar-refractivity contribution in [2.24, 2.45) is 4.99 Å².